The summed E-state index contributed by atoms with van der Waals surface area (Å²) in [7, 11) is 3.39. The molecule has 2 aromatic carbocycles. The van der Waals surface area contributed by atoms with Crippen LogP contribution in [0.2, 0.25) is 0 Å². The van der Waals surface area contributed by atoms with Crippen molar-refractivity contribution < 1.29 is 13.9 Å². The monoisotopic (exact) mass is 501 g/mol. The molecule has 154 valence electrons. The van der Waals surface area contributed by atoms with Gasteiger partial charge in [0.1, 0.15) is 11.6 Å². The molecule has 0 aliphatic rings. The highest BCUT2D eigenvalue weighted by Crippen LogP contribution is 2.17. The van der Waals surface area contributed by atoms with E-state index in [1.165, 1.54) is 6.07 Å². The molecule has 0 spiro atoms. The van der Waals surface area contributed by atoms with Crippen LogP contribution in [0, 0.1) is 12.7 Å². The largest absolute Gasteiger partial charge is 0.496 e. The van der Waals surface area contributed by atoms with Crippen molar-refractivity contribution >= 4 is 29.9 Å². The third-order valence-corrected chi connectivity index (χ3v) is 4.20. The van der Waals surface area contributed by atoms with Crippen molar-refractivity contribution in [1.29, 1.82) is 0 Å². The van der Waals surface area contributed by atoms with Crippen LogP contribution in [-0.4, -0.2) is 39.8 Å². The smallest absolute Gasteiger partial charge is 0.191 e. The quantitative estimate of drug-likeness (QED) is 0.238. The highest BCUT2D eigenvalue weighted by atomic mass is 127. The van der Waals surface area contributed by atoms with E-state index in [4.69, 9.17) is 9.47 Å². The van der Waals surface area contributed by atoms with Crippen LogP contribution in [0.3, 0.4) is 0 Å². The van der Waals surface area contributed by atoms with E-state index < -0.39 is 0 Å². The molecule has 0 heterocycles. The summed E-state index contributed by atoms with van der Waals surface area (Å²) in [6.07, 6.45) is 0.803. The fourth-order valence-electron chi connectivity index (χ4n) is 2.72. The summed E-state index contributed by atoms with van der Waals surface area (Å²) in [6.45, 7) is 4.33. The van der Waals surface area contributed by atoms with Crippen LogP contribution in [0.1, 0.15) is 16.7 Å². The summed E-state index contributed by atoms with van der Waals surface area (Å²) >= 11 is 0. The minimum Gasteiger partial charge on any atom is -0.496 e. The van der Waals surface area contributed by atoms with E-state index in [0.29, 0.717) is 26.3 Å². The van der Waals surface area contributed by atoms with Gasteiger partial charge < -0.3 is 20.1 Å². The van der Waals surface area contributed by atoms with Gasteiger partial charge in [0.2, 0.25) is 0 Å². The third kappa shape index (κ3) is 8.02. The van der Waals surface area contributed by atoms with Crippen LogP contribution in [0.5, 0.6) is 5.75 Å². The molecule has 2 rings (SSSR count). The van der Waals surface area contributed by atoms with E-state index in [2.05, 4.69) is 15.6 Å². The minimum atomic E-state index is -0.199. The first kappa shape index (κ1) is 24.2. The number of benzene rings is 2. The molecule has 0 unspecified atom stereocenters. The lowest BCUT2D eigenvalue weighted by Gasteiger charge is -2.13. The molecular weight excluding hydrogens is 472 g/mol. The van der Waals surface area contributed by atoms with Crippen molar-refractivity contribution in [3.8, 4) is 5.75 Å². The van der Waals surface area contributed by atoms with Gasteiger partial charge in [0.25, 0.3) is 0 Å². The minimum absolute atomic E-state index is 0. The van der Waals surface area contributed by atoms with Crippen molar-refractivity contribution in [3.63, 3.8) is 0 Å². The number of hydrogen-bond acceptors (Lipinski definition) is 3. The summed E-state index contributed by atoms with van der Waals surface area (Å²) in [6, 6.07) is 12.7. The van der Waals surface area contributed by atoms with E-state index in [-0.39, 0.29) is 29.8 Å². The number of para-hydroxylation sites is 1. The number of nitrogens with one attached hydrogen (secondary N) is 2. The topological polar surface area (TPSA) is 54.9 Å². The molecular formula is C21H29FIN3O2. The maximum Gasteiger partial charge on any atom is 0.191 e. The number of aryl methyl sites for hydroxylation is 1. The number of guanidine groups is 1. The number of ether oxygens (including phenoxy) is 2. The van der Waals surface area contributed by atoms with E-state index >= 15 is 0 Å². The summed E-state index contributed by atoms with van der Waals surface area (Å²) < 4.78 is 24.1. The Kier molecular flexibility index (Phi) is 11.5. The van der Waals surface area contributed by atoms with Gasteiger partial charge in [-0.25, -0.2) is 4.39 Å². The Bertz CT molecular complexity index is 756. The first-order valence-electron chi connectivity index (χ1n) is 9.03. The number of hydrogen-bond donors (Lipinski definition) is 2. The van der Waals surface area contributed by atoms with E-state index in [9.17, 15) is 4.39 Å². The summed E-state index contributed by atoms with van der Waals surface area (Å²) in [4.78, 5) is 4.20. The van der Waals surface area contributed by atoms with E-state index in [0.717, 1.165) is 34.8 Å². The fraction of sp³-hybridized carbons (Fsp3) is 0.381. The van der Waals surface area contributed by atoms with Crippen LogP contribution in [-0.2, 0) is 17.8 Å². The van der Waals surface area contributed by atoms with Gasteiger partial charge in [-0.3, -0.25) is 4.99 Å². The molecule has 7 heteroatoms. The average Bonchev–Trinajstić information content (AvgIpc) is 2.68. The maximum absolute atomic E-state index is 13.1. The Morgan fingerprint density at radius 2 is 1.82 bits per heavy atom. The van der Waals surface area contributed by atoms with Gasteiger partial charge in [0.15, 0.2) is 5.96 Å². The van der Waals surface area contributed by atoms with Crippen molar-refractivity contribution in [1.82, 2.24) is 10.6 Å². The van der Waals surface area contributed by atoms with Crippen LogP contribution in [0.15, 0.2) is 47.5 Å². The predicted octanol–water partition coefficient (Wildman–Crippen LogP) is 3.69. The maximum atomic E-state index is 13.1. The lowest BCUT2D eigenvalue weighted by molar-refractivity contribution is 0.123. The van der Waals surface area contributed by atoms with Crippen molar-refractivity contribution in [2.75, 3.05) is 33.9 Å². The second-order valence-corrected chi connectivity index (χ2v) is 6.11. The van der Waals surface area contributed by atoms with Crippen LogP contribution in [0.4, 0.5) is 4.39 Å². The van der Waals surface area contributed by atoms with Gasteiger partial charge in [-0.1, -0.05) is 24.3 Å². The van der Waals surface area contributed by atoms with Gasteiger partial charge in [0, 0.05) is 25.7 Å². The molecule has 2 N–H and O–H groups in total. The Hall–Kier alpha value is -1.87. The molecule has 2 aromatic rings. The molecule has 0 atom stereocenters. The molecule has 0 aliphatic carbocycles. The Labute approximate surface area is 183 Å². The zero-order chi connectivity index (χ0) is 19.5. The number of aliphatic imine (C=N–C) groups is 1. The molecule has 0 bridgehead atoms. The Morgan fingerprint density at radius 3 is 2.54 bits per heavy atom. The van der Waals surface area contributed by atoms with Gasteiger partial charge >= 0.3 is 0 Å². The Balaban J connectivity index is 0.00000392. The van der Waals surface area contributed by atoms with Gasteiger partial charge in [-0.15, -0.1) is 24.0 Å². The zero-order valence-corrected chi connectivity index (χ0v) is 19.0. The third-order valence-electron chi connectivity index (χ3n) is 4.20. The van der Waals surface area contributed by atoms with Crippen molar-refractivity contribution in [3.05, 3.63) is 65.0 Å². The molecule has 0 amide bonds. The molecule has 0 fully saturated rings. The standard InChI is InChI=1S/C21H28FN3O2.HI/c1-16-14-19(22)9-8-17(16)10-11-24-21(23-2)25-12-13-27-15-18-6-4-5-7-20(18)26-3;/h4-9,14H,10-13,15H2,1-3H3,(H2,23,24,25);1H. The Morgan fingerprint density at radius 1 is 1.07 bits per heavy atom. The van der Waals surface area contributed by atoms with Crippen LogP contribution >= 0.6 is 24.0 Å². The van der Waals surface area contributed by atoms with Crippen LogP contribution < -0.4 is 15.4 Å². The number of halogens is 2. The molecule has 0 radical (unpaired) electrons. The molecule has 28 heavy (non-hydrogen) atoms. The highest BCUT2D eigenvalue weighted by Gasteiger charge is 2.03. The second-order valence-electron chi connectivity index (χ2n) is 6.11. The lowest BCUT2D eigenvalue weighted by Crippen LogP contribution is -2.39. The number of rotatable bonds is 9. The first-order valence-corrected chi connectivity index (χ1v) is 9.03. The average molecular weight is 501 g/mol. The molecule has 0 saturated carbocycles. The van der Waals surface area contributed by atoms with E-state index in [1.54, 1.807) is 20.2 Å². The normalized spacial score (nSPS) is 10.9. The highest BCUT2D eigenvalue weighted by molar-refractivity contribution is 14.0. The zero-order valence-electron chi connectivity index (χ0n) is 16.6. The molecule has 5 nitrogen and oxygen atoms in total. The van der Waals surface area contributed by atoms with Gasteiger partial charge in [-0.2, -0.15) is 0 Å². The molecule has 0 aliphatic heterocycles. The molecule has 0 aromatic heterocycles. The van der Waals surface area contributed by atoms with Crippen molar-refractivity contribution in [2.24, 2.45) is 4.99 Å². The SMILES string of the molecule is CN=C(NCCOCc1ccccc1OC)NCCc1ccc(F)cc1C.I. The van der Waals surface area contributed by atoms with Gasteiger partial charge in [0.05, 0.1) is 20.3 Å². The predicted molar refractivity (Wildman–Crippen MR) is 122 cm³/mol. The van der Waals surface area contributed by atoms with Crippen LogP contribution in [0.25, 0.3) is 0 Å². The fourth-order valence-corrected chi connectivity index (χ4v) is 2.72. The summed E-state index contributed by atoms with van der Waals surface area (Å²) in [5.74, 6) is 1.35. The number of nitrogens with zero attached hydrogens (tertiary/aromatic N) is 1. The number of methoxy groups -OCH3 is 1. The molecule has 0 saturated heterocycles. The van der Waals surface area contributed by atoms with Crippen molar-refractivity contribution in [2.45, 2.75) is 20.0 Å². The summed E-state index contributed by atoms with van der Waals surface area (Å²) in [5.41, 5.74) is 3.11. The van der Waals surface area contributed by atoms with Gasteiger partial charge in [-0.05, 0) is 42.7 Å². The summed E-state index contributed by atoms with van der Waals surface area (Å²) in [5, 5.41) is 6.47. The van der Waals surface area contributed by atoms with E-state index in [1.807, 2.05) is 37.3 Å². The first-order chi connectivity index (χ1) is 13.1. The lowest BCUT2D eigenvalue weighted by atomic mass is 10.1. The second kappa shape index (κ2) is 13.3.